The Balaban J connectivity index is 1.67. The molecule has 3 rings (SSSR count). The third-order valence-electron chi connectivity index (χ3n) is 3.01. The second-order valence-electron chi connectivity index (χ2n) is 4.59. The van der Waals surface area contributed by atoms with Crippen molar-refractivity contribution < 1.29 is 9.53 Å². The molecule has 2 aromatic heterocycles. The summed E-state index contributed by atoms with van der Waals surface area (Å²) < 4.78 is 7.20. The number of nitrogens with zero attached hydrogens (tertiary/aromatic N) is 3. The Morgan fingerprint density at radius 1 is 1.36 bits per heavy atom. The van der Waals surface area contributed by atoms with Crippen molar-refractivity contribution in [3.8, 4) is 5.75 Å². The minimum atomic E-state index is -0.230. The molecule has 0 saturated carbocycles. The van der Waals surface area contributed by atoms with E-state index in [-0.39, 0.29) is 5.91 Å². The molecule has 1 amide bonds. The summed E-state index contributed by atoms with van der Waals surface area (Å²) >= 11 is 1.64. The minimum Gasteiger partial charge on any atom is -0.488 e. The van der Waals surface area contributed by atoms with Crippen molar-refractivity contribution in [2.45, 2.75) is 6.61 Å². The molecular weight excluding hydrogens is 300 g/mol. The molecule has 3 aromatic rings. The van der Waals surface area contributed by atoms with Gasteiger partial charge in [-0.2, -0.15) is 0 Å². The number of rotatable bonds is 5. The first kappa shape index (κ1) is 14.3. The molecule has 2 heterocycles. The molecule has 6 nitrogen and oxygen atoms in total. The fourth-order valence-electron chi connectivity index (χ4n) is 1.87. The van der Waals surface area contributed by atoms with Crippen LogP contribution in [0.1, 0.15) is 15.2 Å². The van der Waals surface area contributed by atoms with Crippen molar-refractivity contribution in [1.29, 1.82) is 0 Å². The molecule has 112 valence electrons. The smallest absolute Gasteiger partial charge is 0.256 e. The Bertz CT molecular complexity index is 767. The van der Waals surface area contributed by atoms with Gasteiger partial charge in [0.2, 0.25) is 0 Å². The van der Waals surface area contributed by atoms with Gasteiger partial charge >= 0.3 is 0 Å². The van der Waals surface area contributed by atoms with Crippen LogP contribution < -0.4 is 10.1 Å². The van der Waals surface area contributed by atoms with Crippen LogP contribution in [0, 0.1) is 0 Å². The van der Waals surface area contributed by atoms with E-state index in [4.69, 9.17) is 4.74 Å². The molecule has 0 spiro atoms. The average molecular weight is 314 g/mol. The van der Waals surface area contributed by atoms with E-state index in [0.29, 0.717) is 23.7 Å². The van der Waals surface area contributed by atoms with Gasteiger partial charge in [0.25, 0.3) is 5.91 Å². The number of anilines is 1. The SMILES string of the molecule is Cn1nncc1NC(=O)c1cccc(OCc2cccs2)c1. The summed E-state index contributed by atoms with van der Waals surface area (Å²) in [5.74, 6) is 0.964. The van der Waals surface area contributed by atoms with Crippen LogP contribution in [0.15, 0.2) is 48.0 Å². The molecule has 0 unspecified atom stereocenters. The Morgan fingerprint density at radius 3 is 3.00 bits per heavy atom. The second-order valence-corrected chi connectivity index (χ2v) is 5.63. The van der Waals surface area contributed by atoms with E-state index in [2.05, 4.69) is 15.6 Å². The van der Waals surface area contributed by atoms with Crippen LogP contribution in [0.2, 0.25) is 0 Å². The molecule has 0 aliphatic heterocycles. The first-order chi connectivity index (χ1) is 10.7. The van der Waals surface area contributed by atoms with Crippen molar-refractivity contribution in [3.63, 3.8) is 0 Å². The molecule has 22 heavy (non-hydrogen) atoms. The molecule has 0 radical (unpaired) electrons. The van der Waals surface area contributed by atoms with Crippen LogP contribution in [-0.2, 0) is 13.7 Å². The predicted octanol–water partition coefficient (Wildman–Crippen LogP) is 2.71. The van der Waals surface area contributed by atoms with E-state index in [1.165, 1.54) is 10.9 Å². The maximum absolute atomic E-state index is 12.2. The molecule has 0 saturated heterocycles. The van der Waals surface area contributed by atoms with E-state index in [1.807, 2.05) is 23.6 Å². The van der Waals surface area contributed by atoms with E-state index in [9.17, 15) is 4.79 Å². The van der Waals surface area contributed by atoms with Crippen molar-refractivity contribution >= 4 is 23.1 Å². The molecule has 0 aliphatic rings. The van der Waals surface area contributed by atoms with Gasteiger partial charge in [0.1, 0.15) is 12.4 Å². The summed E-state index contributed by atoms with van der Waals surface area (Å²) in [6.45, 7) is 0.494. The van der Waals surface area contributed by atoms with Crippen LogP contribution in [0.5, 0.6) is 5.75 Å². The zero-order valence-corrected chi connectivity index (χ0v) is 12.7. The third kappa shape index (κ3) is 3.32. The summed E-state index contributed by atoms with van der Waals surface area (Å²) in [6.07, 6.45) is 1.50. The summed E-state index contributed by atoms with van der Waals surface area (Å²) in [5.41, 5.74) is 0.518. The summed E-state index contributed by atoms with van der Waals surface area (Å²) in [6, 6.07) is 11.1. The zero-order valence-electron chi connectivity index (χ0n) is 11.9. The molecule has 0 aliphatic carbocycles. The topological polar surface area (TPSA) is 69.0 Å². The Labute approximate surface area is 131 Å². The van der Waals surface area contributed by atoms with Crippen molar-refractivity contribution in [2.24, 2.45) is 7.05 Å². The van der Waals surface area contributed by atoms with Crippen LogP contribution in [0.4, 0.5) is 5.82 Å². The highest BCUT2D eigenvalue weighted by Crippen LogP contribution is 2.18. The molecule has 7 heteroatoms. The number of thiophene rings is 1. The van der Waals surface area contributed by atoms with Gasteiger partial charge in [0, 0.05) is 17.5 Å². The highest BCUT2D eigenvalue weighted by atomic mass is 32.1. The fraction of sp³-hybridized carbons (Fsp3) is 0.133. The quantitative estimate of drug-likeness (QED) is 0.786. The largest absolute Gasteiger partial charge is 0.488 e. The number of hydrogen-bond donors (Lipinski definition) is 1. The molecule has 0 atom stereocenters. The number of ether oxygens (including phenoxy) is 1. The minimum absolute atomic E-state index is 0.230. The van der Waals surface area contributed by atoms with Crippen molar-refractivity contribution in [1.82, 2.24) is 15.0 Å². The van der Waals surface area contributed by atoms with E-state index in [1.54, 1.807) is 36.6 Å². The van der Waals surface area contributed by atoms with Gasteiger partial charge in [-0.25, -0.2) is 4.68 Å². The maximum Gasteiger partial charge on any atom is 0.256 e. The predicted molar refractivity (Wildman–Crippen MR) is 84.0 cm³/mol. The Kier molecular flexibility index (Phi) is 4.15. The third-order valence-corrected chi connectivity index (χ3v) is 3.86. The van der Waals surface area contributed by atoms with Crippen LogP contribution >= 0.6 is 11.3 Å². The summed E-state index contributed by atoms with van der Waals surface area (Å²) in [5, 5.41) is 12.2. The lowest BCUT2D eigenvalue weighted by atomic mass is 10.2. The first-order valence-corrected chi connectivity index (χ1v) is 7.51. The van der Waals surface area contributed by atoms with Crippen molar-refractivity contribution in [2.75, 3.05) is 5.32 Å². The van der Waals surface area contributed by atoms with Gasteiger partial charge in [-0.05, 0) is 29.6 Å². The van der Waals surface area contributed by atoms with Crippen LogP contribution in [0.25, 0.3) is 0 Å². The average Bonchev–Trinajstić information content (AvgIpc) is 3.18. The maximum atomic E-state index is 12.2. The molecule has 1 N–H and O–H groups in total. The number of amides is 1. The molecule has 1 aromatic carbocycles. The van der Waals surface area contributed by atoms with Gasteiger partial charge in [0.05, 0.1) is 6.20 Å². The van der Waals surface area contributed by atoms with Gasteiger partial charge in [0.15, 0.2) is 5.82 Å². The number of carbonyl (C=O) groups excluding carboxylic acids is 1. The lowest BCUT2D eigenvalue weighted by Gasteiger charge is -2.08. The van der Waals surface area contributed by atoms with Crippen LogP contribution in [-0.4, -0.2) is 20.9 Å². The van der Waals surface area contributed by atoms with Gasteiger partial charge in [-0.3, -0.25) is 4.79 Å². The number of benzene rings is 1. The second kappa shape index (κ2) is 6.40. The highest BCUT2D eigenvalue weighted by molar-refractivity contribution is 7.09. The standard InChI is InChI=1S/C15H14N4O2S/c1-19-14(9-16-18-19)17-15(20)11-4-2-5-12(8-11)21-10-13-6-3-7-22-13/h2-9H,10H2,1H3,(H,17,20). The molecular formula is C15H14N4O2S. The number of nitrogens with one attached hydrogen (secondary N) is 1. The summed E-state index contributed by atoms with van der Waals surface area (Å²) in [7, 11) is 1.71. The van der Waals surface area contributed by atoms with Gasteiger partial charge in [-0.15, -0.1) is 16.4 Å². The highest BCUT2D eigenvalue weighted by Gasteiger charge is 2.10. The lowest BCUT2D eigenvalue weighted by molar-refractivity contribution is 0.102. The molecule has 0 fully saturated rings. The Hall–Kier alpha value is -2.67. The fourth-order valence-corrected chi connectivity index (χ4v) is 2.48. The number of aryl methyl sites for hydroxylation is 1. The van der Waals surface area contributed by atoms with Crippen LogP contribution in [0.3, 0.4) is 0 Å². The van der Waals surface area contributed by atoms with E-state index < -0.39 is 0 Å². The normalized spacial score (nSPS) is 10.4. The Morgan fingerprint density at radius 2 is 2.27 bits per heavy atom. The number of hydrogen-bond acceptors (Lipinski definition) is 5. The molecule has 0 bridgehead atoms. The lowest BCUT2D eigenvalue weighted by Crippen LogP contribution is -2.14. The van der Waals surface area contributed by atoms with E-state index >= 15 is 0 Å². The number of aromatic nitrogens is 3. The van der Waals surface area contributed by atoms with E-state index in [0.717, 1.165) is 4.88 Å². The summed E-state index contributed by atoms with van der Waals surface area (Å²) in [4.78, 5) is 13.4. The van der Waals surface area contributed by atoms with Gasteiger partial charge < -0.3 is 10.1 Å². The van der Waals surface area contributed by atoms with Crippen molar-refractivity contribution in [3.05, 3.63) is 58.4 Å². The number of carbonyl (C=O) groups is 1. The van der Waals surface area contributed by atoms with Gasteiger partial charge in [-0.1, -0.05) is 17.3 Å². The first-order valence-electron chi connectivity index (χ1n) is 6.63. The zero-order chi connectivity index (χ0) is 15.4. The monoisotopic (exact) mass is 314 g/mol.